The minimum absolute atomic E-state index is 0.0717. The van der Waals surface area contributed by atoms with Crippen molar-refractivity contribution in [1.82, 2.24) is 9.71 Å². The van der Waals surface area contributed by atoms with Crippen LogP contribution < -0.4 is 15.6 Å². The van der Waals surface area contributed by atoms with Crippen LogP contribution in [0.5, 0.6) is 0 Å². The fraction of sp³-hybridized carbons (Fsp3) is 0.438. The molecular weight excluding hydrogens is 415 g/mol. The van der Waals surface area contributed by atoms with Crippen molar-refractivity contribution in [1.29, 1.82) is 0 Å². The first kappa shape index (κ1) is 22.1. The van der Waals surface area contributed by atoms with Crippen molar-refractivity contribution in [3.8, 4) is 0 Å². The monoisotopic (exact) mass is 436 g/mol. The van der Waals surface area contributed by atoms with E-state index in [9.17, 15) is 22.7 Å². The van der Waals surface area contributed by atoms with Crippen molar-refractivity contribution in [2.24, 2.45) is 0 Å². The van der Waals surface area contributed by atoms with E-state index in [0.717, 1.165) is 6.07 Å². The van der Waals surface area contributed by atoms with Gasteiger partial charge in [0.2, 0.25) is 10.0 Å². The Balaban J connectivity index is 2.62. The van der Waals surface area contributed by atoms with Crippen molar-refractivity contribution in [3.05, 3.63) is 33.6 Å². The van der Waals surface area contributed by atoms with Gasteiger partial charge in [-0.25, -0.2) is 13.1 Å². The van der Waals surface area contributed by atoms with Crippen LogP contribution in [0.15, 0.2) is 27.9 Å². The summed E-state index contributed by atoms with van der Waals surface area (Å²) in [6.07, 6.45) is 0.551. The quantitative estimate of drug-likeness (QED) is 0.546. The second kappa shape index (κ2) is 8.43. The predicted octanol–water partition coefficient (Wildman–Crippen LogP) is 2.50. The number of pyridine rings is 1. The molecule has 0 aliphatic carbocycles. The fourth-order valence-electron chi connectivity index (χ4n) is 2.30. The molecule has 0 aliphatic rings. The highest BCUT2D eigenvalue weighted by molar-refractivity contribution is 7.89. The molecule has 27 heavy (non-hydrogen) atoms. The number of hydrogen-bond acceptors (Lipinski definition) is 5. The van der Waals surface area contributed by atoms with Crippen LogP contribution in [0.2, 0.25) is 5.02 Å². The third-order valence-electron chi connectivity index (χ3n) is 3.91. The van der Waals surface area contributed by atoms with Crippen LogP contribution in [-0.4, -0.2) is 30.9 Å². The average Bonchev–Trinajstić information content (AvgIpc) is 2.58. The Labute approximate surface area is 162 Å². The van der Waals surface area contributed by atoms with Crippen LogP contribution in [0.3, 0.4) is 0 Å². The van der Waals surface area contributed by atoms with E-state index in [1.807, 2.05) is 6.92 Å². The van der Waals surface area contributed by atoms with Gasteiger partial charge in [0.25, 0.3) is 5.56 Å². The summed E-state index contributed by atoms with van der Waals surface area (Å²) in [5.41, 5.74) is -0.556. The largest absolute Gasteiger partial charge is 0.364 e. The zero-order valence-corrected chi connectivity index (χ0v) is 17.6. The number of nitrogens with one attached hydrogen (secondary N) is 2. The smallest absolute Gasteiger partial charge is 0.321 e. The summed E-state index contributed by atoms with van der Waals surface area (Å²) in [6, 6.07) is 3.70. The molecule has 1 aromatic carbocycles. The van der Waals surface area contributed by atoms with Crippen molar-refractivity contribution in [2.75, 3.05) is 6.54 Å². The maximum atomic E-state index is 12.5. The van der Waals surface area contributed by atoms with E-state index in [1.165, 1.54) is 12.1 Å². The lowest BCUT2D eigenvalue weighted by Gasteiger charge is -2.17. The third kappa shape index (κ3) is 4.99. The normalized spacial score (nSPS) is 15.6. The predicted molar refractivity (Wildman–Crippen MR) is 105 cm³/mol. The van der Waals surface area contributed by atoms with Gasteiger partial charge in [-0.05, 0) is 38.0 Å². The van der Waals surface area contributed by atoms with E-state index < -0.39 is 34.6 Å². The molecule has 150 valence electrons. The highest BCUT2D eigenvalue weighted by Gasteiger charge is 2.29. The molecule has 0 amide bonds. The first-order valence-corrected chi connectivity index (χ1v) is 11.8. The summed E-state index contributed by atoms with van der Waals surface area (Å²) in [5.74, 6) is 0. The molecule has 8 nitrogen and oxygen atoms in total. The van der Waals surface area contributed by atoms with E-state index in [0.29, 0.717) is 12.8 Å². The first-order chi connectivity index (χ1) is 12.5. The Bertz CT molecular complexity index is 1050. The minimum Gasteiger partial charge on any atom is -0.321 e. The SMILES string of the molecule is CCCNS(=O)(=O)c1cc2cc(P(=O)(O)OC(C)CC)c(=O)[nH]c2cc1Cl. The number of rotatable bonds is 8. The summed E-state index contributed by atoms with van der Waals surface area (Å²) in [5, 5.41) is -0.284. The van der Waals surface area contributed by atoms with Gasteiger partial charge >= 0.3 is 7.60 Å². The van der Waals surface area contributed by atoms with Crippen LogP contribution >= 0.6 is 19.2 Å². The van der Waals surface area contributed by atoms with Gasteiger partial charge in [0.1, 0.15) is 10.2 Å². The van der Waals surface area contributed by atoms with E-state index in [4.69, 9.17) is 16.1 Å². The fourth-order valence-corrected chi connectivity index (χ4v) is 5.36. The Hall–Kier alpha value is -1.22. The van der Waals surface area contributed by atoms with Crippen molar-refractivity contribution >= 4 is 45.4 Å². The molecular formula is C16H22ClN2O6PS. The molecule has 0 fully saturated rings. The lowest BCUT2D eigenvalue weighted by molar-refractivity contribution is 0.192. The molecule has 0 saturated heterocycles. The molecule has 0 spiro atoms. The van der Waals surface area contributed by atoms with Crippen LogP contribution in [0.4, 0.5) is 0 Å². The first-order valence-electron chi connectivity index (χ1n) is 8.39. The van der Waals surface area contributed by atoms with Gasteiger partial charge < -0.3 is 14.4 Å². The number of sulfonamides is 1. The number of H-pyrrole nitrogens is 1. The molecule has 11 heteroatoms. The van der Waals surface area contributed by atoms with Gasteiger partial charge in [0, 0.05) is 17.4 Å². The van der Waals surface area contributed by atoms with Crippen molar-refractivity contribution in [2.45, 2.75) is 44.6 Å². The Morgan fingerprint density at radius 3 is 2.59 bits per heavy atom. The van der Waals surface area contributed by atoms with Crippen LogP contribution in [-0.2, 0) is 19.1 Å². The number of hydrogen-bond donors (Lipinski definition) is 3. The van der Waals surface area contributed by atoms with Gasteiger partial charge in [0.15, 0.2) is 0 Å². The molecule has 2 unspecified atom stereocenters. The van der Waals surface area contributed by atoms with E-state index >= 15 is 0 Å². The average molecular weight is 437 g/mol. The minimum atomic E-state index is -4.39. The lowest BCUT2D eigenvalue weighted by atomic mass is 10.2. The topological polar surface area (TPSA) is 126 Å². The zero-order valence-electron chi connectivity index (χ0n) is 15.2. The van der Waals surface area contributed by atoms with Crippen molar-refractivity contribution in [3.63, 3.8) is 0 Å². The summed E-state index contributed by atoms with van der Waals surface area (Å²) in [7, 11) is -8.25. The van der Waals surface area contributed by atoms with Gasteiger partial charge in [0.05, 0.1) is 11.1 Å². The molecule has 1 aromatic heterocycles. The highest BCUT2D eigenvalue weighted by Crippen LogP contribution is 2.42. The van der Waals surface area contributed by atoms with E-state index in [2.05, 4.69) is 9.71 Å². The molecule has 2 rings (SSSR count). The highest BCUT2D eigenvalue weighted by atomic mass is 35.5. The van der Waals surface area contributed by atoms with Gasteiger partial charge in [-0.3, -0.25) is 9.36 Å². The molecule has 2 atom stereocenters. The molecule has 1 heterocycles. The second-order valence-electron chi connectivity index (χ2n) is 6.10. The third-order valence-corrected chi connectivity index (χ3v) is 7.42. The number of aromatic amines is 1. The van der Waals surface area contributed by atoms with E-state index in [1.54, 1.807) is 13.8 Å². The van der Waals surface area contributed by atoms with Crippen LogP contribution in [0.1, 0.15) is 33.6 Å². The van der Waals surface area contributed by atoms with Crippen LogP contribution in [0, 0.1) is 0 Å². The molecule has 0 aliphatic heterocycles. The Morgan fingerprint density at radius 2 is 2.00 bits per heavy atom. The number of aromatic nitrogens is 1. The maximum Gasteiger partial charge on any atom is 0.364 e. The lowest BCUT2D eigenvalue weighted by Crippen LogP contribution is -2.29. The molecule has 0 radical (unpaired) electrons. The second-order valence-corrected chi connectivity index (χ2v) is 9.97. The zero-order chi connectivity index (χ0) is 20.4. The van der Waals surface area contributed by atoms with Gasteiger partial charge in [-0.2, -0.15) is 0 Å². The van der Waals surface area contributed by atoms with E-state index in [-0.39, 0.29) is 27.4 Å². The summed E-state index contributed by atoms with van der Waals surface area (Å²) >= 11 is 6.07. The Morgan fingerprint density at radius 1 is 1.33 bits per heavy atom. The van der Waals surface area contributed by atoms with Gasteiger partial charge in [-0.15, -0.1) is 0 Å². The summed E-state index contributed by atoms with van der Waals surface area (Å²) in [6.45, 7) is 5.44. The molecule has 0 saturated carbocycles. The standard InChI is InChI=1S/C16H22ClN2O6PS/c1-4-6-18-27(23,24)15-8-11-7-14(26(21,22)25-10(3)5-2)16(20)19-13(11)9-12(15)17/h7-10,18H,4-6H2,1-3H3,(H,19,20)(H,21,22). The summed E-state index contributed by atoms with van der Waals surface area (Å²) < 4.78 is 44.8. The molecule has 2 aromatic rings. The molecule has 0 bridgehead atoms. The van der Waals surface area contributed by atoms with Gasteiger partial charge in [-0.1, -0.05) is 25.4 Å². The Kier molecular flexibility index (Phi) is 6.89. The van der Waals surface area contributed by atoms with Crippen LogP contribution in [0.25, 0.3) is 10.9 Å². The number of benzene rings is 1. The number of fused-ring (bicyclic) bond motifs is 1. The maximum absolute atomic E-state index is 12.5. The number of halogens is 1. The van der Waals surface area contributed by atoms with Crippen molar-refractivity contribution < 1.29 is 22.4 Å². The molecule has 3 N–H and O–H groups in total. The summed E-state index contributed by atoms with van der Waals surface area (Å²) in [4.78, 5) is 24.7.